The summed E-state index contributed by atoms with van der Waals surface area (Å²) in [5.41, 5.74) is -0.242. The van der Waals surface area contributed by atoms with Gasteiger partial charge in [0.25, 0.3) is 0 Å². The second kappa shape index (κ2) is 5.40. The quantitative estimate of drug-likeness (QED) is 0.510. The van der Waals surface area contributed by atoms with Gasteiger partial charge >= 0.3 is 0 Å². The highest BCUT2D eigenvalue weighted by molar-refractivity contribution is 4.80. The number of rotatable bonds is 5. The Hall–Kier alpha value is -0.340. The van der Waals surface area contributed by atoms with Crippen molar-refractivity contribution in [1.82, 2.24) is 0 Å². The Labute approximate surface area is 81.3 Å². The lowest BCUT2D eigenvalue weighted by Crippen LogP contribution is -2.37. The van der Waals surface area contributed by atoms with E-state index in [9.17, 15) is 10.2 Å². The van der Waals surface area contributed by atoms with Crippen LogP contribution >= 0.6 is 0 Å². The molecular formula is C11H22O2. The van der Waals surface area contributed by atoms with E-state index in [0.717, 1.165) is 12.8 Å². The van der Waals surface area contributed by atoms with E-state index in [4.69, 9.17) is 0 Å². The van der Waals surface area contributed by atoms with Crippen molar-refractivity contribution in [2.24, 2.45) is 5.41 Å². The molecule has 0 aromatic heterocycles. The molecule has 2 heteroatoms. The monoisotopic (exact) mass is 186 g/mol. The van der Waals surface area contributed by atoms with Gasteiger partial charge < -0.3 is 10.2 Å². The third kappa shape index (κ3) is 5.06. The zero-order valence-electron chi connectivity index (χ0n) is 8.95. The summed E-state index contributed by atoms with van der Waals surface area (Å²) < 4.78 is 0. The normalized spacial score (nSPS) is 16.7. The Bertz CT molecular complexity index is 147. The van der Waals surface area contributed by atoms with Gasteiger partial charge in [0.2, 0.25) is 0 Å². The molecule has 0 saturated heterocycles. The predicted molar refractivity (Wildman–Crippen MR) is 55.5 cm³/mol. The van der Waals surface area contributed by atoms with Crippen molar-refractivity contribution in [3.63, 3.8) is 0 Å². The largest absolute Gasteiger partial charge is 0.390 e. The van der Waals surface area contributed by atoms with Crippen LogP contribution < -0.4 is 0 Å². The molecular weight excluding hydrogens is 164 g/mol. The number of hydrogen-bond donors (Lipinski definition) is 2. The number of unbranched alkanes of at least 4 members (excludes halogenated alkanes) is 1. The maximum absolute atomic E-state index is 9.68. The third-order valence-electron chi connectivity index (χ3n) is 2.16. The van der Waals surface area contributed by atoms with Crippen LogP contribution in [0.25, 0.3) is 0 Å². The molecule has 0 aromatic rings. The predicted octanol–water partition coefficient (Wildman–Crippen LogP) is 2.11. The van der Waals surface area contributed by atoms with Crippen molar-refractivity contribution < 1.29 is 10.2 Å². The van der Waals surface area contributed by atoms with E-state index < -0.39 is 12.2 Å². The highest BCUT2D eigenvalue weighted by atomic mass is 16.3. The first-order valence-corrected chi connectivity index (χ1v) is 4.86. The SMILES string of the molecule is C=CCCCC(O)C(O)C(C)(C)C. The van der Waals surface area contributed by atoms with Crippen molar-refractivity contribution >= 4 is 0 Å². The first-order chi connectivity index (χ1) is 5.89. The summed E-state index contributed by atoms with van der Waals surface area (Å²) in [4.78, 5) is 0. The Balaban J connectivity index is 3.82. The van der Waals surface area contributed by atoms with Crippen LogP contribution in [0.3, 0.4) is 0 Å². The van der Waals surface area contributed by atoms with Crippen molar-refractivity contribution in [2.45, 2.75) is 52.2 Å². The summed E-state index contributed by atoms with van der Waals surface area (Å²) in [6, 6.07) is 0. The molecule has 0 saturated carbocycles. The Morgan fingerprint density at radius 2 is 1.85 bits per heavy atom. The second-order valence-electron chi connectivity index (χ2n) is 4.60. The maximum atomic E-state index is 9.68. The Morgan fingerprint density at radius 3 is 2.23 bits per heavy atom. The maximum Gasteiger partial charge on any atom is 0.0847 e. The van der Waals surface area contributed by atoms with Crippen molar-refractivity contribution in [3.8, 4) is 0 Å². The lowest BCUT2D eigenvalue weighted by molar-refractivity contribution is -0.0478. The summed E-state index contributed by atoms with van der Waals surface area (Å²) in [6.07, 6.45) is 3.00. The molecule has 2 nitrogen and oxygen atoms in total. The molecule has 2 N–H and O–H groups in total. The lowest BCUT2D eigenvalue weighted by atomic mass is 9.84. The molecule has 0 aliphatic heterocycles. The third-order valence-corrected chi connectivity index (χ3v) is 2.16. The van der Waals surface area contributed by atoms with E-state index in [-0.39, 0.29) is 5.41 Å². The highest BCUT2D eigenvalue weighted by Gasteiger charge is 2.28. The van der Waals surface area contributed by atoms with E-state index in [2.05, 4.69) is 6.58 Å². The first-order valence-electron chi connectivity index (χ1n) is 4.86. The fraction of sp³-hybridized carbons (Fsp3) is 0.818. The number of aliphatic hydroxyl groups excluding tert-OH is 2. The molecule has 0 rings (SSSR count). The minimum Gasteiger partial charge on any atom is -0.390 e. The molecule has 0 spiro atoms. The van der Waals surface area contributed by atoms with Crippen LogP contribution in [0.4, 0.5) is 0 Å². The van der Waals surface area contributed by atoms with Gasteiger partial charge in [0.15, 0.2) is 0 Å². The smallest absolute Gasteiger partial charge is 0.0847 e. The summed E-state index contributed by atoms with van der Waals surface area (Å²) in [5.74, 6) is 0. The zero-order chi connectivity index (χ0) is 10.5. The summed E-state index contributed by atoms with van der Waals surface area (Å²) >= 11 is 0. The van der Waals surface area contributed by atoms with Crippen LogP contribution in [0.2, 0.25) is 0 Å². The first kappa shape index (κ1) is 12.7. The van der Waals surface area contributed by atoms with E-state index in [0.29, 0.717) is 6.42 Å². The Kier molecular flexibility index (Phi) is 5.26. The molecule has 0 radical (unpaired) electrons. The second-order valence-corrected chi connectivity index (χ2v) is 4.60. The number of allylic oxidation sites excluding steroid dienone is 1. The van der Waals surface area contributed by atoms with Crippen LogP contribution in [-0.4, -0.2) is 22.4 Å². The van der Waals surface area contributed by atoms with Gasteiger partial charge in [-0.15, -0.1) is 6.58 Å². The number of hydrogen-bond acceptors (Lipinski definition) is 2. The fourth-order valence-corrected chi connectivity index (χ4v) is 1.21. The van der Waals surface area contributed by atoms with Crippen molar-refractivity contribution in [3.05, 3.63) is 12.7 Å². The minimum absolute atomic E-state index is 0.242. The van der Waals surface area contributed by atoms with Gasteiger partial charge in [-0.05, 0) is 24.7 Å². The van der Waals surface area contributed by atoms with Gasteiger partial charge in [-0.1, -0.05) is 26.8 Å². The molecule has 0 aromatic carbocycles. The van der Waals surface area contributed by atoms with Crippen molar-refractivity contribution in [2.75, 3.05) is 0 Å². The topological polar surface area (TPSA) is 40.5 Å². The van der Waals surface area contributed by atoms with Gasteiger partial charge in [-0.2, -0.15) is 0 Å². The van der Waals surface area contributed by atoms with Crippen molar-refractivity contribution in [1.29, 1.82) is 0 Å². The van der Waals surface area contributed by atoms with Gasteiger partial charge in [0.1, 0.15) is 0 Å². The van der Waals surface area contributed by atoms with Crippen LogP contribution in [0, 0.1) is 5.41 Å². The summed E-state index contributed by atoms with van der Waals surface area (Å²) in [5, 5.41) is 19.3. The minimum atomic E-state index is -0.641. The highest BCUT2D eigenvalue weighted by Crippen LogP contribution is 2.23. The van der Waals surface area contributed by atoms with Gasteiger partial charge in [0, 0.05) is 0 Å². The Morgan fingerprint density at radius 1 is 1.31 bits per heavy atom. The zero-order valence-corrected chi connectivity index (χ0v) is 8.95. The van der Waals surface area contributed by atoms with E-state index in [1.165, 1.54) is 0 Å². The van der Waals surface area contributed by atoms with E-state index in [1.54, 1.807) is 0 Å². The molecule has 2 atom stereocenters. The molecule has 78 valence electrons. The average molecular weight is 186 g/mol. The standard InChI is InChI=1S/C11H22O2/c1-5-6-7-8-9(12)10(13)11(2,3)4/h5,9-10,12-13H,1,6-8H2,2-4H3. The van der Waals surface area contributed by atoms with Crippen LogP contribution in [-0.2, 0) is 0 Å². The van der Waals surface area contributed by atoms with E-state index >= 15 is 0 Å². The van der Waals surface area contributed by atoms with Gasteiger partial charge in [-0.3, -0.25) is 0 Å². The molecule has 0 heterocycles. The molecule has 0 bridgehead atoms. The number of aliphatic hydroxyl groups is 2. The van der Waals surface area contributed by atoms with E-state index in [1.807, 2.05) is 26.8 Å². The molecule has 0 aliphatic rings. The molecule has 0 aliphatic carbocycles. The molecule has 13 heavy (non-hydrogen) atoms. The summed E-state index contributed by atoms with van der Waals surface area (Å²) in [7, 11) is 0. The molecule has 2 unspecified atom stereocenters. The van der Waals surface area contributed by atoms with Gasteiger partial charge in [0.05, 0.1) is 12.2 Å². The lowest BCUT2D eigenvalue weighted by Gasteiger charge is -2.29. The summed E-state index contributed by atoms with van der Waals surface area (Å²) in [6.45, 7) is 9.38. The molecule has 0 amide bonds. The fourth-order valence-electron chi connectivity index (χ4n) is 1.21. The van der Waals surface area contributed by atoms with Crippen LogP contribution in [0.5, 0.6) is 0 Å². The van der Waals surface area contributed by atoms with Crippen LogP contribution in [0.15, 0.2) is 12.7 Å². The van der Waals surface area contributed by atoms with Crippen LogP contribution in [0.1, 0.15) is 40.0 Å². The molecule has 0 fully saturated rings. The van der Waals surface area contributed by atoms with Gasteiger partial charge in [-0.25, -0.2) is 0 Å². The average Bonchev–Trinajstić information content (AvgIpc) is 2.01.